The van der Waals surface area contributed by atoms with Crippen LogP contribution in [0, 0.1) is 12.8 Å². The maximum Gasteiger partial charge on any atom is 0.261 e. The van der Waals surface area contributed by atoms with Gasteiger partial charge in [-0.2, -0.15) is 0 Å². The van der Waals surface area contributed by atoms with Gasteiger partial charge in [-0.3, -0.25) is 14.2 Å². The highest BCUT2D eigenvalue weighted by Gasteiger charge is 2.32. The number of nitrogens with one attached hydrogen (secondary N) is 1. The Hall–Kier alpha value is -4.06. The number of ketones is 1. The lowest BCUT2D eigenvalue weighted by atomic mass is 9.83. The second kappa shape index (κ2) is 11.8. The summed E-state index contributed by atoms with van der Waals surface area (Å²) < 4.78 is 1.63. The molecule has 1 N–H and O–H groups in total. The molecule has 5 rings (SSSR count). The van der Waals surface area contributed by atoms with Gasteiger partial charge in [-0.15, -0.1) is 0 Å². The van der Waals surface area contributed by atoms with Crippen molar-refractivity contribution in [2.24, 2.45) is 5.92 Å². The predicted molar refractivity (Wildman–Crippen MR) is 155 cm³/mol. The number of benzene rings is 3. The highest BCUT2D eigenvalue weighted by Crippen LogP contribution is 2.38. The van der Waals surface area contributed by atoms with Crippen LogP contribution >= 0.6 is 0 Å². The number of aromatic nitrogens is 2. The molecule has 0 radical (unpaired) electrons. The van der Waals surface area contributed by atoms with Gasteiger partial charge in [0.25, 0.3) is 5.56 Å². The van der Waals surface area contributed by atoms with Gasteiger partial charge < -0.3 is 10.1 Å². The average Bonchev–Trinajstić information content (AvgIpc) is 3.46. The zero-order valence-electron chi connectivity index (χ0n) is 22.7. The molecule has 1 atom stereocenters. The van der Waals surface area contributed by atoms with Crippen molar-refractivity contribution in [3.8, 4) is 0 Å². The number of hydrogen-bond donors (Lipinski definition) is 1. The average molecular weight is 522 g/mol. The first-order valence-corrected chi connectivity index (χ1v) is 13.8. The molecule has 0 bridgehead atoms. The van der Waals surface area contributed by atoms with Gasteiger partial charge in [0, 0.05) is 12.1 Å². The number of nitrogens with zero attached hydrogens (tertiary/aromatic N) is 2. The minimum absolute atomic E-state index is 0.0106. The lowest BCUT2D eigenvalue weighted by molar-refractivity contribution is -0.119. The SMILES string of the molecule is CC(=O)CCc1cccc(NC(=O)C(c2ccc(Cn3cnc4ccccc4c3=O)cc2)C2CCCC2)c1C. The third-order valence-corrected chi connectivity index (χ3v) is 8.03. The van der Waals surface area contributed by atoms with Crippen molar-refractivity contribution in [2.75, 3.05) is 5.32 Å². The van der Waals surface area contributed by atoms with Gasteiger partial charge in [0.2, 0.25) is 5.91 Å². The number of carbonyl (C=O) groups is 2. The summed E-state index contributed by atoms with van der Waals surface area (Å²) in [6.07, 6.45) is 7.13. The molecule has 0 saturated heterocycles. The van der Waals surface area contributed by atoms with Crippen LogP contribution in [0.2, 0.25) is 0 Å². The number of amides is 1. The van der Waals surface area contributed by atoms with Crippen LogP contribution in [-0.4, -0.2) is 21.2 Å². The molecular formula is C33H35N3O3. The molecule has 6 nitrogen and oxygen atoms in total. The molecular weight excluding hydrogens is 486 g/mol. The molecule has 200 valence electrons. The van der Waals surface area contributed by atoms with Crippen molar-refractivity contribution in [2.45, 2.75) is 64.8 Å². The van der Waals surface area contributed by atoms with Crippen LogP contribution in [0.5, 0.6) is 0 Å². The summed E-state index contributed by atoms with van der Waals surface area (Å²) in [4.78, 5) is 42.6. The summed E-state index contributed by atoms with van der Waals surface area (Å²) in [5.41, 5.74) is 5.53. The van der Waals surface area contributed by atoms with Crippen LogP contribution in [0.4, 0.5) is 5.69 Å². The zero-order chi connectivity index (χ0) is 27.4. The van der Waals surface area contributed by atoms with Gasteiger partial charge >= 0.3 is 0 Å². The Labute approximate surface area is 229 Å². The maximum absolute atomic E-state index is 13.8. The quantitative estimate of drug-likeness (QED) is 0.285. The Morgan fingerprint density at radius 3 is 2.49 bits per heavy atom. The van der Waals surface area contributed by atoms with Gasteiger partial charge in [-0.25, -0.2) is 4.98 Å². The predicted octanol–water partition coefficient (Wildman–Crippen LogP) is 6.19. The fourth-order valence-corrected chi connectivity index (χ4v) is 5.79. The lowest BCUT2D eigenvalue weighted by Gasteiger charge is -2.24. The van der Waals surface area contributed by atoms with Crippen molar-refractivity contribution in [1.29, 1.82) is 0 Å². The molecule has 1 aliphatic carbocycles. The third kappa shape index (κ3) is 6.00. The summed E-state index contributed by atoms with van der Waals surface area (Å²) in [5.74, 6) is 0.225. The van der Waals surface area contributed by atoms with E-state index in [2.05, 4.69) is 10.3 Å². The number of carbonyl (C=O) groups excluding carboxylic acids is 2. The van der Waals surface area contributed by atoms with E-state index >= 15 is 0 Å². The van der Waals surface area contributed by atoms with Crippen molar-refractivity contribution < 1.29 is 9.59 Å². The first-order valence-electron chi connectivity index (χ1n) is 13.8. The molecule has 1 unspecified atom stereocenters. The molecule has 1 heterocycles. The van der Waals surface area contributed by atoms with Crippen molar-refractivity contribution in [3.05, 3.63) is 106 Å². The second-order valence-electron chi connectivity index (χ2n) is 10.7. The van der Waals surface area contributed by atoms with E-state index in [1.807, 2.05) is 67.6 Å². The smallest absolute Gasteiger partial charge is 0.261 e. The van der Waals surface area contributed by atoms with Crippen molar-refractivity contribution in [3.63, 3.8) is 0 Å². The van der Waals surface area contributed by atoms with E-state index < -0.39 is 0 Å². The Morgan fingerprint density at radius 1 is 1.00 bits per heavy atom. The van der Waals surface area contributed by atoms with Gasteiger partial charge in [-0.1, -0.05) is 61.4 Å². The van der Waals surface area contributed by atoms with Crippen LogP contribution in [0.25, 0.3) is 10.9 Å². The van der Waals surface area contributed by atoms with Gasteiger partial charge in [0.1, 0.15) is 5.78 Å². The first kappa shape index (κ1) is 26.5. The number of fused-ring (bicyclic) bond motifs is 1. The standard InChI is InChI=1S/C33H35N3O3/c1-22(37)14-17-25-10-7-13-29(23(25)2)35-32(38)31(26-8-3-4-9-26)27-18-15-24(16-19-27)20-36-21-34-30-12-6-5-11-28(30)33(36)39/h5-7,10-13,15-16,18-19,21,26,31H,3-4,8-9,14,17,20H2,1-2H3,(H,35,38). The molecule has 3 aromatic carbocycles. The summed E-state index contributed by atoms with van der Waals surface area (Å²) in [5, 5.41) is 3.82. The Morgan fingerprint density at radius 2 is 1.74 bits per heavy atom. The monoisotopic (exact) mass is 521 g/mol. The molecule has 0 spiro atoms. The molecule has 1 fully saturated rings. The van der Waals surface area contributed by atoms with Gasteiger partial charge in [0.05, 0.1) is 29.7 Å². The number of anilines is 1. The summed E-state index contributed by atoms with van der Waals surface area (Å²) in [6.45, 7) is 4.03. The minimum atomic E-state index is -0.244. The number of aryl methyl sites for hydroxylation is 1. The molecule has 1 aromatic heterocycles. The molecule has 6 heteroatoms. The summed E-state index contributed by atoms with van der Waals surface area (Å²) >= 11 is 0. The summed E-state index contributed by atoms with van der Waals surface area (Å²) in [6, 6.07) is 21.4. The van der Waals surface area contributed by atoms with E-state index in [0.717, 1.165) is 53.6 Å². The first-order chi connectivity index (χ1) is 18.9. The second-order valence-corrected chi connectivity index (χ2v) is 10.7. The number of rotatable bonds is 9. The number of para-hydroxylation sites is 1. The van der Waals surface area contributed by atoms with Crippen molar-refractivity contribution >= 4 is 28.3 Å². The van der Waals surface area contributed by atoms with E-state index in [1.54, 1.807) is 23.9 Å². The zero-order valence-corrected chi connectivity index (χ0v) is 22.7. The largest absolute Gasteiger partial charge is 0.325 e. The van der Waals surface area contributed by atoms with E-state index in [4.69, 9.17) is 0 Å². The van der Waals surface area contributed by atoms with E-state index in [0.29, 0.717) is 36.2 Å². The minimum Gasteiger partial charge on any atom is -0.325 e. The molecule has 1 aliphatic rings. The Kier molecular flexibility index (Phi) is 8.01. The normalized spacial score (nSPS) is 14.4. The topological polar surface area (TPSA) is 81.1 Å². The maximum atomic E-state index is 13.8. The number of Topliss-reactive ketones (excluding diaryl/α,β-unsaturated/α-hetero) is 1. The Bertz CT molecular complexity index is 1550. The fraction of sp³-hybridized carbons (Fsp3) is 0.333. The van der Waals surface area contributed by atoms with Crippen LogP contribution in [-0.2, 0) is 22.6 Å². The van der Waals surface area contributed by atoms with Gasteiger partial charge in [0.15, 0.2) is 0 Å². The van der Waals surface area contributed by atoms with Gasteiger partial charge in [-0.05, 0) is 79.5 Å². The highest BCUT2D eigenvalue weighted by atomic mass is 16.2. The highest BCUT2D eigenvalue weighted by molar-refractivity contribution is 5.97. The molecule has 1 amide bonds. The van der Waals surface area contributed by atoms with Crippen LogP contribution in [0.15, 0.2) is 77.9 Å². The lowest BCUT2D eigenvalue weighted by Crippen LogP contribution is -2.27. The summed E-state index contributed by atoms with van der Waals surface area (Å²) in [7, 11) is 0. The molecule has 1 saturated carbocycles. The van der Waals surface area contributed by atoms with Crippen LogP contribution in [0.3, 0.4) is 0 Å². The van der Waals surface area contributed by atoms with E-state index in [1.165, 1.54) is 0 Å². The molecule has 4 aromatic rings. The molecule has 0 aliphatic heterocycles. The fourth-order valence-electron chi connectivity index (χ4n) is 5.79. The van der Waals surface area contributed by atoms with E-state index in [9.17, 15) is 14.4 Å². The van der Waals surface area contributed by atoms with Crippen LogP contribution in [0.1, 0.15) is 67.2 Å². The van der Waals surface area contributed by atoms with E-state index in [-0.39, 0.29) is 23.2 Å². The number of hydrogen-bond acceptors (Lipinski definition) is 4. The Balaban J connectivity index is 1.36. The third-order valence-electron chi connectivity index (χ3n) is 8.03. The van der Waals surface area contributed by atoms with Crippen molar-refractivity contribution in [1.82, 2.24) is 9.55 Å². The van der Waals surface area contributed by atoms with Crippen LogP contribution < -0.4 is 10.9 Å². The molecule has 39 heavy (non-hydrogen) atoms.